The van der Waals surface area contributed by atoms with Gasteiger partial charge in [0, 0.05) is 25.3 Å². The predicted molar refractivity (Wildman–Crippen MR) is 71.7 cm³/mol. The third kappa shape index (κ3) is 3.33. The van der Waals surface area contributed by atoms with Gasteiger partial charge in [0.1, 0.15) is 0 Å². The van der Waals surface area contributed by atoms with E-state index in [-0.39, 0.29) is 12.0 Å². The fraction of sp³-hybridized carbons (Fsp3) is 0.467. The molecule has 19 heavy (non-hydrogen) atoms. The summed E-state index contributed by atoms with van der Waals surface area (Å²) in [6, 6.07) is 8.85. The number of benzene rings is 1. The van der Waals surface area contributed by atoms with Crippen molar-refractivity contribution in [3.63, 3.8) is 0 Å². The highest BCUT2D eigenvalue weighted by Crippen LogP contribution is 2.16. The van der Waals surface area contributed by atoms with Crippen LogP contribution in [0.4, 0.5) is 0 Å². The molecule has 0 bridgehead atoms. The molecule has 0 aliphatic carbocycles. The van der Waals surface area contributed by atoms with Gasteiger partial charge in [-0.25, -0.2) is 0 Å². The fourth-order valence-corrected chi connectivity index (χ4v) is 2.33. The molecule has 1 heterocycles. The summed E-state index contributed by atoms with van der Waals surface area (Å²) in [5.41, 5.74) is 1.22. The van der Waals surface area contributed by atoms with Crippen LogP contribution in [0.25, 0.3) is 0 Å². The number of carbonyl (C=O) groups excluding carboxylic acids is 1. The Labute approximate surface area is 113 Å². The first-order valence-electron chi connectivity index (χ1n) is 6.65. The maximum Gasteiger partial charge on any atom is 0.253 e. The van der Waals surface area contributed by atoms with Gasteiger partial charge in [0.05, 0.1) is 17.7 Å². The molecule has 1 fully saturated rings. The van der Waals surface area contributed by atoms with Gasteiger partial charge < -0.3 is 9.64 Å². The second kappa shape index (κ2) is 6.35. The smallest absolute Gasteiger partial charge is 0.253 e. The first-order chi connectivity index (χ1) is 9.24. The molecule has 1 amide bonds. The van der Waals surface area contributed by atoms with Crippen molar-refractivity contribution in [2.75, 3.05) is 19.7 Å². The number of nitrogens with zero attached hydrogens (tertiary/aromatic N) is 2. The Bertz CT molecular complexity index is 468. The summed E-state index contributed by atoms with van der Waals surface area (Å²) >= 11 is 0. The predicted octanol–water partition coefficient (Wildman–Crippen LogP) is 2.20. The number of amides is 1. The summed E-state index contributed by atoms with van der Waals surface area (Å²) < 4.78 is 5.57. The van der Waals surface area contributed by atoms with E-state index < -0.39 is 0 Å². The molecular weight excluding hydrogens is 240 g/mol. The monoisotopic (exact) mass is 258 g/mol. The molecule has 0 aromatic heterocycles. The van der Waals surface area contributed by atoms with Crippen molar-refractivity contribution < 1.29 is 9.53 Å². The number of piperidine rings is 1. The summed E-state index contributed by atoms with van der Waals surface area (Å²) in [5.74, 6) is 0.0411. The number of rotatable bonds is 3. The number of hydrogen-bond acceptors (Lipinski definition) is 3. The third-order valence-corrected chi connectivity index (χ3v) is 3.39. The van der Waals surface area contributed by atoms with Crippen molar-refractivity contribution in [3.05, 3.63) is 35.4 Å². The van der Waals surface area contributed by atoms with Crippen molar-refractivity contribution in [2.24, 2.45) is 0 Å². The van der Waals surface area contributed by atoms with Crippen molar-refractivity contribution in [1.82, 2.24) is 4.90 Å². The van der Waals surface area contributed by atoms with E-state index in [1.807, 2.05) is 11.8 Å². The van der Waals surface area contributed by atoms with E-state index in [4.69, 9.17) is 10.00 Å². The first kappa shape index (κ1) is 13.6. The Morgan fingerprint density at radius 3 is 2.53 bits per heavy atom. The molecule has 2 rings (SSSR count). The van der Waals surface area contributed by atoms with Crippen LogP contribution >= 0.6 is 0 Å². The maximum absolute atomic E-state index is 12.3. The molecule has 1 aromatic carbocycles. The third-order valence-electron chi connectivity index (χ3n) is 3.39. The van der Waals surface area contributed by atoms with Crippen LogP contribution < -0.4 is 0 Å². The van der Waals surface area contributed by atoms with Gasteiger partial charge in [0.25, 0.3) is 5.91 Å². The normalized spacial score (nSPS) is 16.1. The molecule has 0 spiro atoms. The summed E-state index contributed by atoms with van der Waals surface area (Å²) in [7, 11) is 0. The minimum absolute atomic E-state index is 0.0411. The molecule has 1 aliphatic heterocycles. The van der Waals surface area contributed by atoms with Crippen molar-refractivity contribution in [1.29, 1.82) is 5.26 Å². The summed E-state index contributed by atoms with van der Waals surface area (Å²) in [5, 5.41) is 8.74. The van der Waals surface area contributed by atoms with Crippen LogP contribution in [0.3, 0.4) is 0 Å². The number of carbonyl (C=O) groups is 1. The molecular formula is C15H18N2O2. The van der Waals surface area contributed by atoms with Crippen LogP contribution in [0.15, 0.2) is 24.3 Å². The van der Waals surface area contributed by atoms with Crippen molar-refractivity contribution >= 4 is 5.91 Å². The lowest BCUT2D eigenvalue weighted by molar-refractivity contribution is 0.0146. The van der Waals surface area contributed by atoms with Crippen LogP contribution in [0.5, 0.6) is 0 Å². The van der Waals surface area contributed by atoms with Gasteiger partial charge >= 0.3 is 0 Å². The zero-order chi connectivity index (χ0) is 13.7. The summed E-state index contributed by atoms with van der Waals surface area (Å²) in [6.07, 6.45) is 2.08. The van der Waals surface area contributed by atoms with Crippen LogP contribution in [0.1, 0.15) is 35.7 Å². The van der Waals surface area contributed by atoms with Crippen molar-refractivity contribution in [2.45, 2.75) is 25.9 Å². The molecule has 0 unspecified atom stereocenters. The van der Waals surface area contributed by atoms with Gasteiger partial charge in [-0.1, -0.05) is 0 Å². The lowest BCUT2D eigenvalue weighted by atomic mass is 10.1. The van der Waals surface area contributed by atoms with Gasteiger partial charge in [0.2, 0.25) is 0 Å². The van der Waals surface area contributed by atoms with E-state index >= 15 is 0 Å². The minimum Gasteiger partial charge on any atom is -0.378 e. The Kier molecular flexibility index (Phi) is 4.53. The van der Waals surface area contributed by atoms with Crippen LogP contribution in [-0.4, -0.2) is 36.6 Å². The number of likely N-dealkylation sites (tertiary alicyclic amines) is 1. The van der Waals surface area contributed by atoms with E-state index in [2.05, 4.69) is 6.07 Å². The topological polar surface area (TPSA) is 53.3 Å². The van der Waals surface area contributed by atoms with Gasteiger partial charge in [0.15, 0.2) is 0 Å². The average Bonchev–Trinajstić information content (AvgIpc) is 2.48. The molecule has 0 N–H and O–H groups in total. The van der Waals surface area contributed by atoms with Gasteiger partial charge in [-0.2, -0.15) is 5.26 Å². The molecule has 0 saturated carbocycles. The van der Waals surface area contributed by atoms with Gasteiger partial charge in [-0.3, -0.25) is 4.79 Å². The summed E-state index contributed by atoms with van der Waals surface area (Å²) in [4.78, 5) is 14.1. The maximum atomic E-state index is 12.3. The first-order valence-corrected chi connectivity index (χ1v) is 6.65. The molecule has 1 aliphatic rings. The zero-order valence-electron chi connectivity index (χ0n) is 11.1. The van der Waals surface area contributed by atoms with Crippen molar-refractivity contribution in [3.8, 4) is 6.07 Å². The van der Waals surface area contributed by atoms with E-state index in [9.17, 15) is 4.79 Å². The molecule has 0 atom stereocenters. The summed E-state index contributed by atoms with van der Waals surface area (Å²) in [6.45, 7) is 4.20. The number of nitriles is 1. The van der Waals surface area contributed by atoms with Crippen LogP contribution in [0.2, 0.25) is 0 Å². The molecule has 0 radical (unpaired) electrons. The fourth-order valence-electron chi connectivity index (χ4n) is 2.33. The van der Waals surface area contributed by atoms with Crippen LogP contribution in [-0.2, 0) is 4.74 Å². The molecule has 1 aromatic rings. The Hall–Kier alpha value is -1.86. The highest BCUT2D eigenvalue weighted by Gasteiger charge is 2.23. The van der Waals surface area contributed by atoms with E-state index in [0.717, 1.165) is 32.5 Å². The SMILES string of the molecule is CCOC1CCN(C(=O)c2ccc(C#N)cc2)CC1. The van der Waals surface area contributed by atoms with Gasteiger partial charge in [-0.15, -0.1) is 0 Å². The Morgan fingerprint density at radius 2 is 2.00 bits per heavy atom. The standard InChI is InChI=1S/C15H18N2O2/c1-2-19-14-7-9-17(10-8-14)15(18)13-5-3-12(11-16)4-6-13/h3-6,14H,2,7-10H2,1H3. The Balaban J connectivity index is 1.95. The second-order valence-electron chi connectivity index (χ2n) is 4.64. The van der Waals surface area contributed by atoms with Crippen LogP contribution in [0, 0.1) is 11.3 Å². The molecule has 100 valence electrons. The number of hydrogen-bond donors (Lipinski definition) is 0. The average molecular weight is 258 g/mol. The lowest BCUT2D eigenvalue weighted by Gasteiger charge is -2.31. The highest BCUT2D eigenvalue weighted by molar-refractivity contribution is 5.94. The largest absolute Gasteiger partial charge is 0.378 e. The quantitative estimate of drug-likeness (QED) is 0.835. The molecule has 1 saturated heterocycles. The zero-order valence-corrected chi connectivity index (χ0v) is 11.1. The number of ether oxygens (including phenoxy) is 1. The minimum atomic E-state index is 0.0411. The molecule has 4 heteroatoms. The Morgan fingerprint density at radius 1 is 1.37 bits per heavy atom. The van der Waals surface area contributed by atoms with E-state index in [1.165, 1.54) is 0 Å². The van der Waals surface area contributed by atoms with E-state index in [1.54, 1.807) is 24.3 Å². The highest BCUT2D eigenvalue weighted by atomic mass is 16.5. The second-order valence-corrected chi connectivity index (χ2v) is 4.64. The lowest BCUT2D eigenvalue weighted by Crippen LogP contribution is -2.40. The molecule has 4 nitrogen and oxygen atoms in total. The van der Waals surface area contributed by atoms with E-state index in [0.29, 0.717) is 11.1 Å². The van der Waals surface area contributed by atoms with Gasteiger partial charge in [-0.05, 0) is 44.0 Å².